The Bertz CT molecular complexity index is 805. The summed E-state index contributed by atoms with van der Waals surface area (Å²) in [5, 5.41) is 19.5. The predicted molar refractivity (Wildman–Crippen MR) is 85.3 cm³/mol. The molecular formula is C18H14O5. The number of fused-ring (bicyclic) bond motifs is 1. The van der Waals surface area contributed by atoms with E-state index in [2.05, 4.69) is 0 Å². The third-order valence-corrected chi connectivity index (χ3v) is 3.30. The molecule has 2 aromatic carbocycles. The van der Waals surface area contributed by atoms with Crippen molar-refractivity contribution in [1.82, 2.24) is 0 Å². The van der Waals surface area contributed by atoms with Gasteiger partial charge in [0, 0.05) is 6.08 Å². The summed E-state index contributed by atoms with van der Waals surface area (Å²) in [6, 6.07) is 11.6. The minimum absolute atomic E-state index is 0.0891. The van der Waals surface area contributed by atoms with E-state index in [1.165, 1.54) is 18.2 Å². The van der Waals surface area contributed by atoms with Crippen LogP contribution in [-0.2, 0) is 4.79 Å². The number of aliphatic hydroxyl groups is 1. The average Bonchev–Trinajstić information content (AvgIpc) is 3.01. The van der Waals surface area contributed by atoms with Crippen LogP contribution in [0.2, 0.25) is 0 Å². The second-order valence-electron chi connectivity index (χ2n) is 4.90. The first-order chi connectivity index (χ1) is 11.1. The van der Waals surface area contributed by atoms with Crippen molar-refractivity contribution in [3.63, 3.8) is 0 Å². The molecule has 0 bridgehead atoms. The number of rotatable bonds is 4. The van der Waals surface area contributed by atoms with Crippen LogP contribution in [0.5, 0.6) is 17.2 Å². The molecule has 0 amide bonds. The standard InChI is InChI=1S/C18H14O5/c19-13(10-16(21)14-3-1-2-4-15(14)20)7-5-12-6-8-17-18(9-12)23-11-22-17/h1-10,20-21H,11H2/b7-5+,16-10-. The van der Waals surface area contributed by atoms with Crippen LogP contribution < -0.4 is 9.47 Å². The van der Waals surface area contributed by atoms with Gasteiger partial charge in [-0.2, -0.15) is 0 Å². The maximum absolute atomic E-state index is 11.9. The number of aliphatic hydroxyl groups excluding tert-OH is 1. The molecule has 0 aromatic heterocycles. The lowest BCUT2D eigenvalue weighted by molar-refractivity contribution is -0.110. The van der Waals surface area contributed by atoms with E-state index in [9.17, 15) is 15.0 Å². The van der Waals surface area contributed by atoms with Gasteiger partial charge in [0.25, 0.3) is 0 Å². The fourth-order valence-electron chi connectivity index (χ4n) is 2.15. The Labute approximate surface area is 132 Å². The van der Waals surface area contributed by atoms with Gasteiger partial charge in [-0.15, -0.1) is 0 Å². The third-order valence-electron chi connectivity index (χ3n) is 3.30. The highest BCUT2D eigenvalue weighted by atomic mass is 16.7. The maximum atomic E-state index is 11.9. The lowest BCUT2D eigenvalue weighted by Gasteiger charge is -2.01. The largest absolute Gasteiger partial charge is 0.507 e. The lowest BCUT2D eigenvalue weighted by atomic mass is 10.1. The van der Waals surface area contributed by atoms with Crippen LogP contribution >= 0.6 is 0 Å². The number of allylic oxidation sites excluding steroid dienone is 2. The van der Waals surface area contributed by atoms with E-state index >= 15 is 0 Å². The Kier molecular flexibility index (Phi) is 4.01. The summed E-state index contributed by atoms with van der Waals surface area (Å²) in [4.78, 5) is 11.9. The number of phenolic OH excluding ortho intramolecular Hbond substituents is 1. The number of aromatic hydroxyl groups is 1. The molecule has 2 aromatic rings. The fourth-order valence-corrected chi connectivity index (χ4v) is 2.15. The zero-order valence-corrected chi connectivity index (χ0v) is 12.1. The summed E-state index contributed by atoms with van der Waals surface area (Å²) in [7, 11) is 0. The zero-order valence-electron chi connectivity index (χ0n) is 12.1. The number of phenols is 1. The summed E-state index contributed by atoms with van der Waals surface area (Å²) < 4.78 is 10.5. The molecule has 116 valence electrons. The number of benzene rings is 2. The summed E-state index contributed by atoms with van der Waals surface area (Å²) in [5.41, 5.74) is 0.982. The SMILES string of the molecule is O=C(/C=C(\O)c1ccccc1O)/C=C/c1ccc2c(c1)OCO2. The van der Waals surface area contributed by atoms with E-state index in [1.807, 2.05) is 0 Å². The van der Waals surface area contributed by atoms with E-state index in [0.29, 0.717) is 11.5 Å². The van der Waals surface area contributed by atoms with Crippen molar-refractivity contribution in [3.8, 4) is 17.2 Å². The molecule has 0 fully saturated rings. The van der Waals surface area contributed by atoms with Crippen molar-refractivity contribution in [2.45, 2.75) is 0 Å². The highest BCUT2D eigenvalue weighted by Crippen LogP contribution is 2.32. The Hall–Kier alpha value is -3.21. The van der Waals surface area contributed by atoms with Gasteiger partial charge in [-0.3, -0.25) is 4.79 Å². The molecule has 0 radical (unpaired) electrons. The molecule has 3 rings (SSSR count). The monoisotopic (exact) mass is 310 g/mol. The Morgan fingerprint density at radius 2 is 1.87 bits per heavy atom. The van der Waals surface area contributed by atoms with Crippen LogP contribution in [0.25, 0.3) is 11.8 Å². The van der Waals surface area contributed by atoms with Gasteiger partial charge in [0.15, 0.2) is 17.3 Å². The van der Waals surface area contributed by atoms with Gasteiger partial charge in [0.05, 0.1) is 5.56 Å². The van der Waals surface area contributed by atoms with Gasteiger partial charge in [0.2, 0.25) is 6.79 Å². The van der Waals surface area contributed by atoms with E-state index in [4.69, 9.17) is 9.47 Å². The predicted octanol–water partition coefficient (Wildman–Crippen LogP) is 3.30. The molecule has 23 heavy (non-hydrogen) atoms. The van der Waals surface area contributed by atoms with Crippen LogP contribution in [0.3, 0.4) is 0 Å². The van der Waals surface area contributed by atoms with E-state index in [0.717, 1.165) is 11.6 Å². The van der Waals surface area contributed by atoms with Gasteiger partial charge >= 0.3 is 0 Å². The second-order valence-corrected chi connectivity index (χ2v) is 4.90. The van der Waals surface area contributed by atoms with Gasteiger partial charge in [-0.05, 0) is 35.9 Å². The minimum Gasteiger partial charge on any atom is -0.507 e. The normalized spacial score (nSPS) is 13.5. The van der Waals surface area contributed by atoms with Crippen molar-refractivity contribution in [1.29, 1.82) is 0 Å². The molecule has 1 aliphatic rings. The van der Waals surface area contributed by atoms with Gasteiger partial charge in [-0.25, -0.2) is 0 Å². The quantitative estimate of drug-likeness (QED) is 0.669. The molecule has 5 nitrogen and oxygen atoms in total. The number of carbonyl (C=O) groups excluding carboxylic acids is 1. The van der Waals surface area contributed by atoms with Crippen molar-refractivity contribution in [2.75, 3.05) is 6.79 Å². The van der Waals surface area contributed by atoms with Crippen LogP contribution in [0.4, 0.5) is 0 Å². The number of ketones is 1. The van der Waals surface area contributed by atoms with Crippen LogP contribution in [-0.4, -0.2) is 22.8 Å². The first kappa shape index (κ1) is 14.7. The Morgan fingerprint density at radius 1 is 1.09 bits per heavy atom. The number of hydrogen-bond acceptors (Lipinski definition) is 5. The van der Waals surface area contributed by atoms with Crippen LogP contribution in [0.15, 0.2) is 54.6 Å². The molecule has 0 unspecified atom stereocenters. The highest BCUT2D eigenvalue weighted by molar-refractivity contribution is 6.05. The van der Waals surface area contributed by atoms with Crippen molar-refractivity contribution >= 4 is 17.6 Å². The molecule has 1 aliphatic heterocycles. The lowest BCUT2D eigenvalue weighted by Crippen LogP contribution is -1.92. The molecule has 0 saturated carbocycles. The Balaban J connectivity index is 1.74. The third kappa shape index (κ3) is 3.35. The van der Waals surface area contributed by atoms with Crippen molar-refractivity contribution in [2.24, 2.45) is 0 Å². The number of hydrogen-bond donors (Lipinski definition) is 2. The number of ether oxygens (including phenoxy) is 2. The van der Waals surface area contributed by atoms with Crippen LogP contribution in [0.1, 0.15) is 11.1 Å². The average molecular weight is 310 g/mol. The second kappa shape index (κ2) is 6.27. The highest BCUT2D eigenvalue weighted by Gasteiger charge is 2.12. The fraction of sp³-hybridized carbons (Fsp3) is 0.0556. The molecular weight excluding hydrogens is 296 g/mol. The molecule has 5 heteroatoms. The molecule has 0 atom stereocenters. The van der Waals surface area contributed by atoms with E-state index in [1.54, 1.807) is 36.4 Å². The summed E-state index contributed by atoms with van der Waals surface area (Å²) in [6.07, 6.45) is 3.99. The number of carbonyl (C=O) groups is 1. The van der Waals surface area contributed by atoms with Crippen molar-refractivity contribution in [3.05, 3.63) is 65.7 Å². The number of para-hydroxylation sites is 1. The van der Waals surface area contributed by atoms with Gasteiger partial charge < -0.3 is 19.7 Å². The molecule has 0 aliphatic carbocycles. The van der Waals surface area contributed by atoms with Gasteiger partial charge in [-0.1, -0.05) is 24.3 Å². The molecule has 0 spiro atoms. The van der Waals surface area contributed by atoms with E-state index < -0.39 is 5.78 Å². The topological polar surface area (TPSA) is 76.0 Å². The maximum Gasteiger partial charge on any atom is 0.231 e. The summed E-state index contributed by atoms with van der Waals surface area (Å²) in [6.45, 7) is 0.193. The minimum atomic E-state index is -0.400. The van der Waals surface area contributed by atoms with Crippen molar-refractivity contribution < 1.29 is 24.5 Å². The summed E-state index contributed by atoms with van der Waals surface area (Å²) >= 11 is 0. The Morgan fingerprint density at radius 3 is 2.70 bits per heavy atom. The molecule has 1 heterocycles. The van der Waals surface area contributed by atoms with E-state index in [-0.39, 0.29) is 23.9 Å². The first-order valence-electron chi connectivity index (χ1n) is 6.94. The smallest absolute Gasteiger partial charge is 0.231 e. The van der Waals surface area contributed by atoms with Crippen LogP contribution in [0, 0.1) is 0 Å². The first-order valence-corrected chi connectivity index (χ1v) is 6.94. The molecule has 0 saturated heterocycles. The summed E-state index contributed by atoms with van der Waals surface area (Å²) in [5.74, 6) is 0.526. The molecule has 2 N–H and O–H groups in total. The van der Waals surface area contributed by atoms with Gasteiger partial charge in [0.1, 0.15) is 11.5 Å². The zero-order chi connectivity index (χ0) is 16.2.